The van der Waals surface area contributed by atoms with E-state index in [0.29, 0.717) is 12.5 Å². The van der Waals surface area contributed by atoms with Crippen molar-refractivity contribution in [1.29, 1.82) is 0 Å². The lowest BCUT2D eigenvalue weighted by molar-refractivity contribution is -0.137. The summed E-state index contributed by atoms with van der Waals surface area (Å²) >= 11 is 0. The van der Waals surface area contributed by atoms with E-state index in [4.69, 9.17) is 9.47 Å². The molecule has 0 radical (unpaired) electrons. The van der Waals surface area contributed by atoms with E-state index in [9.17, 15) is 4.79 Å². The molecule has 0 aliphatic rings. The number of anilines is 1. The normalized spacial score (nSPS) is 12.4. The first-order chi connectivity index (χ1) is 10.1. The summed E-state index contributed by atoms with van der Waals surface area (Å²) < 4.78 is 10.0. The van der Waals surface area contributed by atoms with Crippen molar-refractivity contribution in [3.05, 3.63) is 36.4 Å². The molecule has 0 saturated heterocycles. The Kier molecular flexibility index (Phi) is 7.37. The van der Waals surface area contributed by atoms with Crippen LogP contribution in [-0.2, 0) is 9.53 Å². The van der Waals surface area contributed by atoms with Gasteiger partial charge in [-0.3, -0.25) is 0 Å². The van der Waals surface area contributed by atoms with Gasteiger partial charge in [-0.1, -0.05) is 19.9 Å². The van der Waals surface area contributed by atoms with Gasteiger partial charge in [-0.25, -0.2) is 4.79 Å². The zero-order valence-electron chi connectivity index (χ0n) is 13.3. The van der Waals surface area contributed by atoms with Crippen molar-refractivity contribution in [2.24, 2.45) is 5.92 Å². The molecular weight excluding hydrogens is 266 g/mol. The van der Waals surface area contributed by atoms with Crippen molar-refractivity contribution in [2.75, 3.05) is 19.0 Å². The minimum absolute atomic E-state index is 0.254. The third kappa shape index (κ3) is 6.34. The van der Waals surface area contributed by atoms with Gasteiger partial charge >= 0.3 is 5.97 Å². The summed E-state index contributed by atoms with van der Waals surface area (Å²) in [6.07, 6.45) is 4.12. The van der Waals surface area contributed by atoms with Crippen LogP contribution in [0.4, 0.5) is 5.69 Å². The van der Waals surface area contributed by atoms with Gasteiger partial charge in [-0.15, -0.1) is 0 Å². The Hall–Kier alpha value is -1.97. The minimum Gasteiger partial charge on any atom is -0.497 e. The fourth-order valence-electron chi connectivity index (χ4n) is 1.90. The second-order valence-corrected chi connectivity index (χ2v) is 5.11. The van der Waals surface area contributed by atoms with E-state index < -0.39 is 0 Å². The third-order valence-electron chi connectivity index (χ3n) is 3.18. The second-order valence-electron chi connectivity index (χ2n) is 5.11. The molecule has 1 aromatic carbocycles. The molecular formula is C17H25NO3. The fourth-order valence-corrected chi connectivity index (χ4v) is 1.90. The Bertz CT molecular complexity index is 452. The largest absolute Gasteiger partial charge is 0.497 e. The van der Waals surface area contributed by atoms with Crippen molar-refractivity contribution in [2.45, 2.75) is 33.2 Å². The van der Waals surface area contributed by atoms with Crippen LogP contribution in [0, 0.1) is 5.92 Å². The van der Waals surface area contributed by atoms with Crippen LogP contribution in [0.2, 0.25) is 0 Å². The zero-order chi connectivity index (χ0) is 15.7. The first kappa shape index (κ1) is 17.1. The van der Waals surface area contributed by atoms with E-state index in [1.54, 1.807) is 14.0 Å². The number of benzene rings is 1. The lowest BCUT2D eigenvalue weighted by Gasteiger charge is -2.22. The number of nitrogens with one attached hydrogen (secondary N) is 1. The van der Waals surface area contributed by atoms with E-state index in [0.717, 1.165) is 17.9 Å². The van der Waals surface area contributed by atoms with Crippen LogP contribution in [0.25, 0.3) is 0 Å². The SMILES string of the molecule is CCOC(=O)/C=C/C[C@@H](Nc1ccc(OC)cc1)C(C)C. The Morgan fingerprint density at radius 3 is 2.48 bits per heavy atom. The number of carbonyl (C=O) groups is 1. The molecule has 0 amide bonds. The van der Waals surface area contributed by atoms with Crippen molar-refractivity contribution >= 4 is 11.7 Å². The zero-order valence-corrected chi connectivity index (χ0v) is 13.3. The Labute approximate surface area is 127 Å². The highest BCUT2D eigenvalue weighted by Gasteiger charge is 2.11. The first-order valence-corrected chi connectivity index (χ1v) is 7.30. The lowest BCUT2D eigenvalue weighted by atomic mass is 10.0. The number of rotatable bonds is 8. The fraction of sp³-hybridized carbons (Fsp3) is 0.471. The molecule has 4 nitrogen and oxygen atoms in total. The molecule has 1 N–H and O–H groups in total. The predicted molar refractivity (Wildman–Crippen MR) is 85.6 cm³/mol. The van der Waals surface area contributed by atoms with Gasteiger partial charge in [-0.05, 0) is 43.5 Å². The number of carbonyl (C=O) groups excluding carboxylic acids is 1. The van der Waals surface area contributed by atoms with Gasteiger partial charge < -0.3 is 14.8 Å². The van der Waals surface area contributed by atoms with Crippen LogP contribution in [0.3, 0.4) is 0 Å². The van der Waals surface area contributed by atoms with E-state index in [-0.39, 0.29) is 12.0 Å². The quantitative estimate of drug-likeness (QED) is 0.587. The molecule has 21 heavy (non-hydrogen) atoms. The highest BCUT2D eigenvalue weighted by Crippen LogP contribution is 2.19. The van der Waals surface area contributed by atoms with Crippen LogP contribution < -0.4 is 10.1 Å². The molecule has 1 aromatic rings. The van der Waals surface area contributed by atoms with Gasteiger partial charge in [0.05, 0.1) is 13.7 Å². The standard InChI is InChI=1S/C17H25NO3/c1-5-21-17(19)8-6-7-16(13(2)3)18-14-9-11-15(20-4)12-10-14/h6,8-13,16,18H,5,7H2,1-4H3/b8-6+/t16-/m1/s1. The smallest absolute Gasteiger partial charge is 0.330 e. The summed E-state index contributed by atoms with van der Waals surface area (Å²) in [4.78, 5) is 11.3. The molecule has 0 unspecified atom stereocenters. The summed E-state index contributed by atoms with van der Waals surface area (Å²) in [6.45, 7) is 6.51. The Balaban J connectivity index is 2.58. The average Bonchev–Trinajstić information content (AvgIpc) is 2.47. The van der Waals surface area contributed by atoms with E-state index >= 15 is 0 Å². The summed E-state index contributed by atoms with van der Waals surface area (Å²) in [5, 5.41) is 3.48. The first-order valence-electron chi connectivity index (χ1n) is 7.30. The molecule has 0 saturated carbocycles. The number of hydrogen-bond donors (Lipinski definition) is 1. The molecule has 116 valence electrons. The van der Waals surface area contributed by atoms with Crippen molar-refractivity contribution in [1.82, 2.24) is 0 Å². The molecule has 0 aromatic heterocycles. The Morgan fingerprint density at radius 2 is 1.95 bits per heavy atom. The van der Waals surface area contributed by atoms with Gasteiger partial charge in [0.25, 0.3) is 0 Å². The maximum Gasteiger partial charge on any atom is 0.330 e. The highest BCUT2D eigenvalue weighted by atomic mass is 16.5. The summed E-state index contributed by atoms with van der Waals surface area (Å²) in [7, 11) is 1.65. The van der Waals surface area contributed by atoms with Crippen LogP contribution in [0.15, 0.2) is 36.4 Å². The summed E-state index contributed by atoms with van der Waals surface area (Å²) in [5.74, 6) is 0.993. The molecule has 0 fully saturated rings. The topological polar surface area (TPSA) is 47.6 Å². The Morgan fingerprint density at radius 1 is 1.29 bits per heavy atom. The van der Waals surface area contributed by atoms with Crippen LogP contribution in [0.1, 0.15) is 27.2 Å². The second kappa shape index (κ2) is 9.06. The van der Waals surface area contributed by atoms with Gasteiger partial charge in [0.15, 0.2) is 0 Å². The lowest BCUT2D eigenvalue weighted by Crippen LogP contribution is -2.25. The minimum atomic E-state index is -0.288. The van der Waals surface area contributed by atoms with Gasteiger partial charge in [0.2, 0.25) is 0 Å². The number of hydrogen-bond acceptors (Lipinski definition) is 4. The molecule has 0 spiro atoms. The molecule has 4 heteroatoms. The average molecular weight is 291 g/mol. The van der Waals surface area contributed by atoms with Crippen molar-refractivity contribution < 1.29 is 14.3 Å². The summed E-state index contributed by atoms with van der Waals surface area (Å²) in [5.41, 5.74) is 1.04. The molecule has 0 heterocycles. The number of ether oxygens (including phenoxy) is 2. The highest BCUT2D eigenvalue weighted by molar-refractivity contribution is 5.81. The summed E-state index contributed by atoms with van der Waals surface area (Å²) in [6, 6.07) is 8.08. The molecule has 0 aliphatic heterocycles. The predicted octanol–water partition coefficient (Wildman–Crippen LogP) is 3.64. The molecule has 0 bridgehead atoms. The van der Waals surface area contributed by atoms with Crippen LogP contribution >= 0.6 is 0 Å². The van der Waals surface area contributed by atoms with E-state index in [1.807, 2.05) is 30.3 Å². The van der Waals surface area contributed by atoms with E-state index in [1.165, 1.54) is 6.08 Å². The van der Waals surface area contributed by atoms with Gasteiger partial charge in [0, 0.05) is 17.8 Å². The molecule has 1 rings (SSSR count). The monoisotopic (exact) mass is 291 g/mol. The number of esters is 1. The van der Waals surface area contributed by atoms with E-state index in [2.05, 4.69) is 19.2 Å². The maximum absolute atomic E-state index is 11.3. The van der Waals surface area contributed by atoms with Crippen molar-refractivity contribution in [3.8, 4) is 5.75 Å². The molecule has 1 atom stereocenters. The van der Waals surface area contributed by atoms with Gasteiger partial charge in [0.1, 0.15) is 5.75 Å². The maximum atomic E-state index is 11.3. The van der Waals surface area contributed by atoms with Crippen LogP contribution in [-0.4, -0.2) is 25.7 Å². The molecule has 0 aliphatic carbocycles. The van der Waals surface area contributed by atoms with Gasteiger partial charge in [-0.2, -0.15) is 0 Å². The third-order valence-corrected chi connectivity index (χ3v) is 3.18. The number of methoxy groups -OCH3 is 1. The van der Waals surface area contributed by atoms with Crippen LogP contribution in [0.5, 0.6) is 5.75 Å². The van der Waals surface area contributed by atoms with Crippen molar-refractivity contribution in [3.63, 3.8) is 0 Å².